The molecule has 0 amide bonds. The Balaban J connectivity index is 1.77. The van der Waals surface area contributed by atoms with Crippen LogP contribution in [-0.4, -0.2) is 35.6 Å². The fraction of sp³-hybridized carbons (Fsp3) is 0.263. The predicted octanol–water partition coefficient (Wildman–Crippen LogP) is 2.94. The topological polar surface area (TPSA) is 83.1 Å². The van der Waals surface area contributed by atoms with Crippen LogP contribution in [0.1, 0.15) is 18.3 Å². The van der Waals surface area contributed by atoms with Gasteiger partial charge < -0.3 is 4.98 Å². The summed E-state index contributed by atoms with van der Waals surface area (Å²) in [7, 11) is -4.60. The van der Waals surface area contributed by atoms with Crippen molar-refractivity contribution < 1.29 is 17.2 Å². The first-order chi connectivity index (χ1) is 13.3. The number of sulfone groups is 1. The van der Waals surface area contributed by atoms with Crippen LogP contribution >= 0.6 is 0 Å². The van der Waals surface area contributed by atoms with E-state index >= 15 is 0 Å². The molecule has 148 valence electrons. The molecule has 0 radical (unpaired) electrons. The summed E-state index contributed by atoms with van der Waals surface area (Å²) in [6, 6.07) is 12.4. The van der Waals surface area contributed by atoms with Gasteiger partial charge in [-0.3, -0.25) is 9.69 Å². The number of H-pyrrole nitrogens is 1. The van der Waals surface area contributed by atoms with Gasteiger partial charge in [0.15, 0.2) is 0 Å². The Kier molecular flexibility index (Phi) is 5.85. The highest BCUT2D eigenvalue weighted by Gasteiger charge is 2.26. The van der Waals surface area contributed by atoms with Gasteiger partial charge in [-0.05, 0) is 36.4 Å². The zero-order valence-electron chi connectivity index (χ0n) is 15.1. The molecule has 0 unspecified atom stereocenters. The number of halogens is 2. The van der Waals surface area contributed by atoms with E-state index in [-0.39, 0.29) is 5.56 Å². The summed E-state index contributed by atoms with van der Waals surface area (Å²) in [6.07, 6.45) is 0. The van der Waals surface area contributed by atoms with Crippen molar-refractivity contribution in [3.05, 3.63) is 70.3 Å². The summed E-state index contributed by atoms with van der Waals surface area (Å²) < 4.78 is 48.2. The Morgan fingerprint density at radius 2 is 1.75 bits per heavy atom. The normalized spacial score (nSPS) is 12.2. The van der Waals surface area contributed by atoms with Gasteiger partial charge in [0.25, 0.3) is 5.56 Å². The lowest BCUT2D eigenvalue weighted by atomic mass is 10.2. The minimum Gasteiger partial charge on any atom is -0.309 e. The fourth-order valence-electron chi connectivity index (χ4n) is 2.85. The van der Waals surface area contributed by atoms with E-state index in [2.05, 4.69) is 9.97 Å². The second-order valence-corrected chi connectivity index (χ2v) is 8.20. The number of nitrogens with zero attached hydrogens (tertiary/aromatic N) is 2. The van der Waals surface area contributed by atoms with Crippen molar-refractivity contribution in [1.29, 1.82) is 0 Å². The number of fused-ring (bicyclic) bond motifs is 1. The molecule has 0 saturated carbocycles. The van der Waals surface area contributed by atoms with Gasteiger partial charge >= 0.3 is 5.76 Å². The minimum atomic E-state index is -4.60. The molecule has 0 bridgehead atoms. The average Bonchev–Trinajstić information content (AvgIpc) is 2.68. The number of alkyl halides is 2. The second-order valence-electron chi connectivity index (χ2n) is 6.28. The molecular weight excluding hydrogens is 388 g/mol. The van der Waals surface area contributed by atoms with Gasteiger partial charge in [0.05, 0.1) is 22.3 Å². The van der Waals surface area contributed by atoms with Gasteiger partial charge in [-0.1, -0.05) is 31.2 Å². The van der Waals surface area contributed by atoms with Crippen molar-refractivity contribution in [3.63, 3.8) is 0 Å². The molecule has 3 rings (SSSR count). The summed E-state index contributed by atoms with van der Waals surface area (Å²) >= 11 is 0. The van der Waals surface area contributed by atoms with Gasteiger partial charge in [0.1, 0.15) is 5.82 Å². The van der Waals surface area contributed by atoms with E-state index < -0.39 is 20.5 Å². The molecule has 0 aliphatic carbocycles. The van der Waals surface area contributed by atoms with Crippen molar-refractivity contribution in [2.24, 2.45) is 0 Å². The van der Waals surface area contributed by atoms with Gasteiger partial charge in [-0.2, -0.15) is 8.78 Å². The van der Waals surface area contributed by atoms with Crippen molar-refractivity contribution in [2.75, 3.05) is 6.54 Å². The van der Waals surface area contributed by atoms with Crippen LogP contribution in [0.25, 0.3) is 10.9 Å². The lowest BCUT2D eigenvalue weighted by Gasteiger charge is -2.20. The molecular formula is C19H19F2N3O3S. The molecule has 0 fully saturated rings. The molecule has 1 heterocycles. The highest BCUT2D eigenvalue weighted by molar-refractivity contribution is 7.91. The summed E-state index contributed by atoms with van der Waals surface area (Å²) in [5.41, 5.74) is 1.16. The molecule has 0 aliphatic heterocycles. The van der Waals surface area contributed by atoms with Crippen LogP contribution in [0.5, 0.6) is 0 Å². The summed E-state index contributed by atoms with van der Waals surface area (Å²) in [5.74, 6) is -2.93. The second kappa shape index (κ2) is 8.15. The van der Waals surface area contributed by atoms with Crippen LogP contribution in [0.2, 0.25) is 0 Å². The SMILES string of the molecule is CCN(Cc1ccc(S(=O)(=O)C(F)F)cc1)Cc1nc2ccccc2c(=O)[nH]1. The maximum absolute atomic E-state index is 12.6. The zero-order chi connectivity index (χ0) is 20.3. The number of aromatic amines is 1. The zero-order valence-corrected chi connectivity index (χ0v) is 15.9. The van der Waals surface area contributed by atoms with Crippen LogP contribution in [0.15, 0.2) is 58.2 Å². The lowest BCUT2D eigenvalue weighted by molar-refractivity contribution is 0.234. The van der Waals surface area contributed by atoms with Crippen LogP contribution in [0, 0.1) is 0 Å². The Labute approximate surface area is 160 Å². The minimum absolute atomic E-state index is 0.210. The maximum Gasteiger partial charge on any atom is 0.341 e. The number of nitrogens with one attached hydrogen (secondary N) is 1. The number of rotatable bonds is 7. The molecule has 0 aliphatic rings. The van der Waals surface area contributed by atoms with E-state index in [0.29, 0.717) is 36.4 Å². The van der Waals surface area contributed by atoms with E-state index in [1.54, 1.807) is 18.2 Å². The summed E-state index contributed by atoms with van der Waals surface area (Å²) in [6.45, 7) is 3.41. The third kappa shape index (κ3) is 4.26. The van der Waals surface area contributed by atoms with Gasteiger partial charge in [-0.25, -0.2) is 13.4 Å². The number of para-hydroxylation sites is 1. The van der Waals surface area contributed by atoms with E-state index in [4.69, 9.17) is 0 Å². The summed E-state index contributed by atoms with van der Waals surface area (Å²) in [5, 5.41) is 0.519. The Bertz CT molecular complexity index is 1130. The molecule has 0 saturated heterocycles. The molecule has 3 aromatic rings. The Hall–Kier alpha value is -2.65. The standard InChI is InChI=1S/C19H19F2N3O3S/c1-2-24(11-13-7-9-14(10-8-13)28(26,27)19(20)21)12-17-22-16-6-4-3-5-15(16)18(25)23-17/h3-10,19H,2,11-12H2,1H3,(H,22,23,25). The lowest BCUT2D eigenvalue weighted by Crippen LogP contribution is -2.25. The van der Waals surface area contributed by atoms with Crippen LogP contribution in [-0.2, 0) is 22.9 Å². The van der Waals surface area contributed by atoms with E-state index in [0.717, 1.165) is 5.56 Å². The van der Waals surface area contributed by atoms with Crippen LogP contribution < -0.4 is 5.56 Å². The average molecular weight is 407 g/mol. The number of hydrogen-bond acceptors (Lipinski definition) is 5. The third-order valence-electron chi connectivity index (χ3n) is 4.38. The van der Waals surface area contributed by atoms with Crippen molar-refractivity contribution >= 4 is 20.7 Å². The van der Waals surface area contributed by atoms with Crippen molar-refractivity contribution in [3.8, 4) is 0 Å². The first-order valence-corrected chi connectivity index (χ1v) is 10.2. The molecule has 9 heteroatoms. The van der Waals surface area contributed by atoms with E-state index in [1.807, 2.05) is 17.9 Å². The molecule has 0 atom stereocenters. The molecule has 28 heavy (non-hydrogen) atoms. The molecule has 2 aromatic carbocycles. The molecule has 6 nitrogen and oxygen atoms in total. The summed E-state index contributed by atoms with van der Waals surface area (Å²) in [4.78, 5) is 21.0. The third-order valence-corrected chi connectivity index (χ3v) is 5.77. The van der Waals surface area contributed by atoms with Crippen LogP contribution in [0.4, 0.5) is 8.78 Å². The van der Waals surface area contributed by atoms with Gasteiger partial charge in [-0.15, -0.1) is 0 Å². The van der Waals surface area contributed by atoms with Crippen molar-refractivity contribution in [1.82, 2.24) is 14.9 Å². The van der Waals surface area contributed by atoms with E-state index in [1.165, 1.54) is 24.3 Å². The van der Waals surface area contributed by atoms with E-state index in [9.17, 15) is 22.0 Å². The quantitative estimate of drug-likeness (QED) is 0.651. The van der Waals surface area contributed by atoms with Crippen LogP contribution in [0.3, 0.4) is 0 Å². The first-order valence-electron chi connectivity index (χ1n) is 8.62. The van der Waals surface area contributed by atoms with Crippen molar-refractivity contribution in [2.45, 2.75) is 30.7 Å². The maximum atomic E-state index is 12.6. The first kappa shape index (κ1) is 20.1. The monoisotopic (exact) mass is 407 g/mol. The number of hydrogen-bond donors (Lipinski definition) is 1. The largest absolute Gasteiger partial charge is 0.341 e. The molecule has 1 N–H and O–H groups in total. The highest BCUT2D eigenvalue weighted by atomic mass is 32.2. The number of benzene rings is 2. The highest BCUT2D eigenvalue weighted by Crippen LogP contribution is 2.19. The fourth-order valence-corrected chi connectivity index (χ4v) is 3.57. The Morgan fingerprint density at radius 3 is 2.39 bits per heavy atom. The number of aromatic nitrogens is 2. The van der Waals surface area contributed by atoms with Gasteiger partial charge in [0.2, 0.25) is 9.84 Å². The van der Waals surface area contributed by atoms with Gasteiger partial charge in [0, 0.05) is 6.54 Å². The molecule has 1 aromatic heterocycles. The Morgan fingerprint density at radius 1 is 1.07 bits per heavy atom. The smallest absolute Gasteiger partial charge is 0.309 e. The predicted molar refractivity (Wildman–Crippen MR) is 102 cm³/mol. The molecule has 0 spiro atoms.